The zero-order valence-electron chi connectivity index (χ0n) is 10.1. The molecule has 0 aliphatic rings. The summed E-state index contributed by atoms with van der Waals surface area (Å²) in [4.78, 5) is 4.65. The van der Waals surface area contributed by atoms with Gasteiger partial charge in [0.05, 0.1) is 23.8 Å². The third-order valence-corrected chi connectivity index (χ3v) is 3.68. The Kier molecular flexibility index (Phi) is 3.62. The normalized spacial score (nSPS) is 11.3. The second-order valence-electron chi connectivity index (χ2n) is 4.27. The average Bonchev–Trinajstić information content (AvgIpc) is 2.99. The lowest BCUT2D eigenvalue weighted by molar-refractivity contribution is 0.492. The van der Waals surface area contributed by atoms with E-state index in [1.807, 2.05) is 24.3 Å². The molecule has 5 heteroatoms. The molecule has 0 amide bonds. The van der Waals surface area contributed by atoms with Crippen molar-refractivity contribution in [2.24, 2.45) is 0 Å². The van der Waals surface area contributed by atoms with Crippen molar-refractivity contribution >= 4 is 38.6 Å². The second-order valence-corrected chi connectivity index (χ2v) is 5.56. The van der Waals surface area contributed by atoms with Crippen LogP contribution in [0.1, 0.15) is 11.6 Å². The number of hydrogen-bond acceptors (Lipinski definition) is 2. The predicted molar refractivity (Wildman–Crippen MR) is 79.7 cm³/mol. The molecule has 0 unspecified atom stereocenters. The van der Waals surface area contributed by atoms with E-state index in [2.05, 4.69) is 31.5 Å². The van der Waals surface area contributed by atoms with Gasteiger partial charge in [0, 0.05) is 16.8 Å². The molecule has 19 heavy (non-hydrogen) atoms. The Morgan fingerprint density at radius 1 is 1.32 bits per heavy atom. The van der Waals surface area contributed by atoms with Gasteiger partial charge in [-0.05, 0) is 30.3 Å². The lowest BCUT2D eigenvalue weighted by Gasteiger charge is -2.06. The molecule has 3 aromatic rings. The van der Waals surface area contributed by atoms with E-state index in [0.29, 0.717) is 12.4 Å². The Bertz CT molecular complexity index is 691. The smallest absolute Gasteiger partial charge is 0.123 e. The molecule has 0 spiro atoms. The highest BCUT2D eigenvalue weighted by atomic mass is 79.9. The van der Waals surface area contributed by atoms with Crippen LogP contribution in [0.5, 0.6) is 0 Å². The molecule has 0 bridgehead atoms. The first kappa shape index (κ1) is 12.8. The third-order valence-electron chi connectivity index (χ3n) is 3.00. The van der Waals surface area contributed by atoms with E-state index in [1.165, 1.54) is 0 Å². The first-order chi connectivity index (χ1) is 9.28. The number of fused-ring (bicyclic) bond motifs is 1. The summed E-state index contributed by atoms with van der Waals surface area (Å²) in [6.45, 7) is 0.678. The standard InChI is InChI=1S/C14H12BrClN2O/c15-10-3-4-13-12(8-10)17-14(5-6-16)18(13)9-11-2-1-7-19-11/h1-4,7-8H,5-6,9H2. The Morgan fingerprint density at radius 2 is 2.21 bits per heavy atom. The minimum Gasteiger partial charge on any atom is -0.467 e. The number of hydrogen-bond donors (Lipinski definition) is 0. The Hall–Kier alpha value is -1.26. The molecule has 0 N–H and O–H groups in total. The molecule has 0 radical (unpaired) electrons. The van der Waals surface area contributed by atoms with Crippen LogP contribution in [0, 0.1) is 0 Å². The number of rotatable bonds is 4. The number of benzene rings is 1. The molecule has 0 atom stereocenters. The van der Waals surface area contributed by atoms with E-state index in [-0.39, 0.29) is 0 Å². The zero-order chi connectivity index (χ0) is 13.2. The molecule has 0 saturated carbocycles. The zero-order valence-corrected chi connectivity index (χ0v) is 12.5. The minimum absolute atomic E-state index is 0.558. The van der Waals surface area contributed by atoms with Crippen molar-refractivity contribution in [2.45, 2.75) is 13.0 Å². The van der Waals surface area contributed by atoms with Crippen molar-refractivity contribution < 1.29 is 4.42 Å². The molecule has 0 saturated heterocycles. The molecule has 2 aromatic heterocycles. The van der Waals surface area contributed by atoms with Crippen molar-refractivity contribution in [3.05, 3.63) is 52.7 Å². The predicted octanol–water partition coefficient (Wildman–Crippen LogP) is 4.22. The van der Waals surface area contributed by atoms with Gasteiger partial charge in [0.25, 0.3) is 0 Å². The van der Waals surface area contributed by atoms with Crippen LogP contribution in [0.25, 0.3) is 11.0 Å². The SMILES string of the molecule is ClCCc1nc2cc(Br)ccc2n1Cc1ccco1. The number of nitrogens with zero attached hydrogens (tertiary/aromatic N) is 2. The molecule has 0 aliphatic heterocycles. The van der Waals surface area contributed by atoms with Gasteiger partial charge in [-0.1, -0.05) is 15.9 Å². The molecule has 98 valence electrons. The van der Waals surface area contributed by atoms with E-state index in [4.69, 9.17) is 16.0 Å². The maximum Gasteiger partial charge on any atom is 0.123 e. The fraction of sp³-hybridized carbons (Fsp3) is 0.214. The van der Waals surface area contributed by atoms with Gasteiger partial charge in [0.2, 0.25) is 0 Å². The first-order valence-corrected chi connectivity index (χ1v) is 7.33. The Labute approximate surface area is 124 Å². The largest absolute Gasteiger partial charge is 0.467 e. The van der Waals surface area contributed by atoms with E-state index >= 15 is 0 Å². The van der Waals surface area contributed by atoms with Crippen molar-refractivity contribution in [2.75, 3.05) is 5.88 Å². The first-order valence-electron chi connectivity index (χ1n) is 6.01. The number of aromatic nitrogens is 2. The topological polar surface area (TPSA) is 31.0 Å². The number of halogens is 2. The fourth-order valence-corrected chi connectivity index (χ4v) is 2.68. The number of imidazole rings is 1. The van der Waals surface area contributed by atoms with Crippen molar-refractivity contribution in [3.8, 4) is 0 Å². The Morgan fingerprint density at radius 3 is 2.95 bits per heavy atom. The maximum absolute atomic E-state index is 5.86. The van der Waals surface area contributed by atoms with Crippen molar-refractivity contribution in [3.63, 3.8) is 0 Å². The fourth-order valence-electron chi connectivity index (χ4n) is 2.16. The summed E-state index contributed by atoms with van der Waals surface area (Å²) in [7, 11) is 0. The van der Waals surface area contributed by atoms with Gasteiger partial charge in [-0.25, -0.2) is 4.98 Å². The average molecular weight is 340 g/mol. The van der Waals surface area contributed by atoms with Gasteiger partial charge in [0.15, 0.2) is 0 Å². The van der Waals surface area contributed by atoms with E-state index < -0.39 is 0 Å². The highest BCUT2D eigenvalue weighted by Gasteiger charge is 2.12. The molecular formula is C14H12BrClN2O. The van der Waals surface area contributed by atoms with Crippen LogP contribution >= 0.6 is 27.5 Å². The van der Waals surface area contributed by atoms with Gasteiger partial charge in [-0.2, -0.15) is 0 Å². The maximum atomic E-state index is 5.86. The molecule has 0 fully saturated rings. The number of aryl methyl sites for hydroxylation is 1. The van der Waals surface area contributed by atoms with Gasteiger partial charge in [-0.3, -0.25) is 0 Å². The lowest BCUT2D eigenvalue weighted by atomic mass is 10.3. The van der Waals surface area contributed by atoms with Crippen LogP contribution in [0.2, 0.25) is 0 Å². The monoisotopic (exact) mass is 338 g/mol. The van der Waals surface area contributed by atoms with Crippen LogP contribution in [0.15, 0.2) is 45.5 Å². The minimum atomic E-state index is 0.558. The molecular weight excluding hydrogens is 328 g/mol. The summed E-state index contributed by atoms with van der Waals surface area (Å²) < 4.78 is 8.61. The summed E-state index contributed by atoms with van der Waals surface area (Å²) >= 11 is 9.33. The molecule has 2 heterocycles. The third kappa shape index (κ3) is 2.55. The number of alkyl halides is 1. The van der Waals surface area contributed by atoms with Gasteiger partial charge < -0.3 is 8.98 Å². The van der Waals surface area contributed by atoms with Crippen LogP contribution < -0.4 is 0 Å². The highest BCUT2D eigenvalue weighted by Crippen LogP contribution is 2.22. The molecule has 3 nitrogen and oxygen atoms in total. The van der Waals surface area contributed by atoms with E-state index in [0.717, 1.165) is 33.5 Å². The van der Waals surface area contributed by atoms with Gasteiger partial charge in [-0.15, -0.1) is 11.6 Å². The number of furan rings is 1. The van der Waals surface area contributed by atoms with Gasteiger partial charge in [0.1, 0.15) is 11.6 Å². The van der Waals surface area contributed by atoms with Crippen LogP contribution in [0.3, 0.4) is 0 Å². The van der Waals surface area contributed by atoms with E-state index in [1.54, 1.807) is 6.26 Å². The lowest BCUT2D eigenvalue weighted by Crippen LogP contribution is -2.05. The molecule has 1 aromatic carbocycles. The van der Waals surface area contributed by atoms with Crippen molar-refractivity contribution in [1.29, 1.82) is 0 Å². The highest BCUT2D eigenvalue weighted by molar-refractivity contribution is 9.10. The molecule has 3 rings (SSSR count). The van der Waals surface area contributed by atoms with Crippen molar-refractivity contribution in [1.82, 2.24) is 9.55 Å². The summed E-state index contributed by atoms with van der Waals surface area (Å²) in [6.07, 6.45) is 2.43. The van der Waals surface area contributed by atoms with Crippen LogP contribution in [-0.2, 0) is 13.0 Å². The summed E-state index contributed by atoms with van der Waals surface area (Å²) in [6, 6.07) is 9.97. The van der Waals surface area contributed by atoms with Gasteiger partial charge >= 0.3 is 0 Å². The summed E-state index contributed by atoms with van der Waals surface area (Å²) in [5.41, 5.74) is 2.07. The van der Waals surface area contributed by atoms with Crippen LogP contribution in [-0.4, -0.2) is 15.4 Å². The Balaban J connectivity index is 2.10. The van der Waals surface area contributed by atoms with E-state index in [9.17, 15) is 0 Å². The quantitative estimate of drug-likeness (QED) is 0.666. The van der Waals surface area contributed by atoms with Crippen LogP contribution in [0.4, 0.5) is 0 Å². The summed E-state index contributed by atoms with van der Waals surface area (Å²) in [5.74, 6) is 2.46. The second kappa shape index (κ2) is 5.39. The summed E-state index contributed by atoms with van der Waals surface area (Å²) in [5, 5.41) is 0. The molecule has 0 aliphatic carbocycles.